The molecule has 0 bridgehead atoms. The molecule has 1 heterocycles. The van der Waals surface area contributed by atoms with Crippen molar-refractivity contribution in [2.45, 2.75) is 25.8 Å². The minimum absolute atomic E-state index is 0.0571. The van der Waals surface area contributed by atoms with Crippen LogP contribution in [0.3, 0.4) is 0 Å². The summed E-state index contributed by atoms with van der Waals surface area (Å²) in [5.41, 5.74) is 3.69. The molecule has 2 N–H and O–H groups in total. The highest BCUT2D eigenvalue weighted by Crippen LogP contribution is 2.31. The van der Waals surface area contributed by atoms with Gasteiger partial charge in [-0.1, -0.05) is 12.1 Å². The molecule has 116 valence electrons. The molecule has 23 heavy (non-hydrogen) atoms. The maximum atomic E-state index is 13.5. The van der Waals surface area contributed by atoms with Gasteiger partial charge in [0.1, 0.15) is 11.5 Å². The van der Waals surface area contributed by atoms with Crippen LogP contribution in [0, 0.1) is 12.7 Å². The molecule has 0 saturated heterocycles. The SMILES string of the molecule is Cc1c(C(=O)NC2CC2)ccc2[nH]nc(-c3cccc(F)c3)c12. The van der Waals surface area contributed by atoms with Crippen LogP contribution in [0.25, 0.3) is 22.2 Å². The second kappa shape index (κ2) is 5.19. The Morgan fingerprint density at radius 3 is 2.87 bits per heavy atom. The average Bonchev–Trinajstić information content (AvgIpc) is 3.23. The van der Waals surface area contributed by atoms with Gasteiger partial charge in [0, 0.05) is 22.6 Å². The van der Waals surface area contributed by atoms with E-state index in [1.54, 1.807) is 6.07 Å². The summed E-state index contributed by atoms with van der Waals surface area (Å²) in [5.74, 6) is -0.364. The fourth-order valence-electron chi connectivity index (χ4n) is 2.86. The molecule has 0 unspecified atom stereocenters. The topological polar surface area (TPSA) is 57.8 Å². The number of carbonyl (C=O) groups is 1. The number of halogens is 1. The van der Waals surface area contributed by atoms with Gasteiger partial charge in [0.2, 0.25) is 0 Å². The highest BCUT2D eigenvalue weighted by Gasteiger charge is 2.25. The van der Waals surface area contributed by atoms with Crippen molar-refractivity contribution in [3.63, 3.8) is 0 Å². The van der Waals surface area contributed by atoms with Gasteiger partial charge in [-0.3, -0.25) is 9.89 Å². The molecular weight excluding hydrogens is 293 g/mol. The van der Waals surface area contributed by atoms with Crippen molar-refractivity contribution in [1.82, 2.24) is 15.5 Å². The molecule has 4 nitrogen and oxygen atoms in total. The normalized spacial score (nSPS) is 14.2. The minimum Gasteiger partial charge on any atom is -0.349 e. The van der Waals surface area contributed by atoms with Crippen LogP contribution >= 0.6 is 0 Å². The summed E-state index contributed by atoms with van der Waals surface area (Å²) < 4.78 is 13.5. The molecule has 0 atom stereocenters. The molecule has 2 aromatic carbocycles. The van der Waals surface area contributed by atoms with Crippen LogP contribution in [0.15, 0.2) is 36.4 Å². The predicted octanol–water partition coefficient (Wildman–Crippen LogP) is 3.57. The van der Waals surface area contributed by atoms with E-state index in [4.69, 9.17) is 0 Å². The van der Waals surface area contributed by atoms with Crippen molar-refractivity contribution in [2.24, 2.45) is 0 Å². The van der Waals surface area contributed by atoms with Crippen molar-refractivity contribution >= 4 is 16.8 Å². The summed E-state index contributed by atoms with van der Waals surface area (Å²) in [7, 11) is 0. The van der Waals surface area contributed by atoms with E-state index in [0.29, 0.717) is 22.9 Å². The fourth-order valence-corrected chi connectivity index (χ4v) is 2.86. The van der Waals surface area contributed by atoms with E-state index in [0.717, 1.165) is 29.3 Å². The van der Waals surface area contributed by atoms with Crippen LogP contribution in [0.5, 0.6) is 0 Å². The Morgan fingerprint density at radius 2 is 2.13 bits per heavy atom. The number of aromatic amines is 1. The molecule has 1 aliphatic carbocycles. The maximum Gasteiger partial charge on any atom is 0.251 e. The summed E-state index contributed by atoms with van der Waals surface area (Å²) in [6.07, 6.45) is 2.10. The summed E-state index contributed by atoms with van der Waals surface area (Å²) in [6, 6.07) is 10.3. The first-order chi connectivity index (χ1) is 11.1. The number of benzene rings is 2. The maximum absolute atomic E-state index is 13.5. The highest BCUT2D eigenvalue weighted by molar-refractivity contribution is 6.04. The van der Waals surface area contributed by atoms with Gasteiger partial charge in [0.25, 0.3) is 5.91 Å². The van der Waals surface area contributed by atoms with Crippen molar-refractivity contribution in [3.05, 3.63) is 53.3 Å². The molecule has 0 radical (unpaired) electrons. The zero-order chi connectivity index (χ0) is 16.0. The first-order valence-electron chi connectivity index (χ1n) is 7.68. The van der Waals surface area contributed by atoms with Gasteiger partial charge in [0.15, 0.2) is 0 Å². The van der Waals surface area contributed by atoms with E-state index in [1.165, 1.54) is 12.1 Å². The number of hydrogen-bond donors (Lipinski definition) is 2. The first-order valence-corrected chi connectivity index (χ1v) is 7.68. The third-order valence-corrected chi connectivity index (χ3v) is 4.25. The van der Waals surface area contributed by atoms with Crippen molar-refractivity contribution in [1.29, 1.82) is 0 Å². The Hall–Kier alpha value is -2.69. The number of aromatic nitrogens is 2. The fraction of sp³-hybridized carbons (Fsp3) is 0.222. The number of fused-ring (bicyclic) bond motifs is 1. The van der Waals surface area contributed by atoms with Gasteiger partial charge in [-0.25, -0.2) is 4.39 Å². The lowest BCUT2D eigenvalue weighted by Crippen LogP contribution is -2.26. The number of H-pyrrole nitrogens is 1. The van der Waals surface area contributed by atoms with Crippen LogP contribution < -0.4 is 5.32 Å². The minimum atomic E-state index is -0.307. The molecule has 3 aromatic rings. The number of amides is 1. The van der Waals surface area contributed by atoms with E-state index >= 15 is 0 Å². The van der Waals surface area contributed by atoms with Crippen LogP contribution in [0.2, 0.25) is 0 Å². The number of hydrogen-bond acceptors (Lipinski definition) is 2. The second-order valence-electron chi connectivity index (χ2n) is 5.99. The van der Waals surface area contributed by atoms with Crippen LogP contribution in [0.1, 0.15) is 28.8 Å². The molecule has 5 heteroatoms. The highest BCUT2D eigenvalue weighted by atomic mass is 19.1. The quantitative estimate of drug-likeness (QED) is 0.777. The monoisotopic (exact) mass is 309 g/mol. The lowest BCUT2D eigenvalue weighted by molar-refractivity contribution is 0.0950. The third-order valence-electron chi connectivity index (χ3n) is 4.25. The number of rotatable bonds is 3. The Morgan fingerprint density at radius 1 is 1.30 bits per heavy atom. The lowest BCUT2D eigenvalue weighted by atomic mass is 9.99. The molecule has 1 amide bonds. The van der Waals surface area contributed by atoms with Crippen molar-refractivity contribution < 1.29 is 9.18 Å². The molecule has 1 fully saturated rings. The van der Waals surface area contributed by atoms with Gasteiger partial charge in [-0.2, -0.15) is 5.10 Å². The van der Waals surface area contributed by atoms with E-state index < -0.39 is 0 Å². The molecule has 1 saturated carbocycles. The van der Waals surface area contributed by atoms with Crippen molar-refractivity contribution in [2.75, 3.05) is 0 Å². The average molecular weight is 309 g/mol. The summed E-state index contributed by atoms with van der Waals surface area (Å²) in [6.45, 7) is 1.91. The van der Waals surface area contributed by atoms with Gasteiger partial charge < -0.3 is 5.32 Å². The molecule has 4 rings (SSSR count). The standard InChI is InChI=1S/C18H16FN3O/c1-10-14(18(23)20-13-5-6-13)7-8-15-16(10)17(22-21-15)11-3-2-4-12(19)9-11/h2-4,7-9,13H,5-6H2,1H3,(H,20,23)(H,21,22). The second-order valence-corrected chi connectivity index (χ2v) is 5.99. The third kappa shape index (κ3) is 2.48. The smallest absolute Gasteiger partial charge is 0.251 e. The van der Waals surface area contributed by atoms with Gasteiger partial charge >= 0.3 is 0 Å². The van der Waals surface area contributed by atoms with E-state index in [-0.39, 0.29) is 11.7 Å². The summed E-state index contributed by atoms with van der Waals surface area (Å²) >= 11 is 0. The first kappa shape index (κ1) is 13.9. The van der Waals surface area contributed by atoms with Gasteiger partial charge in [-0.15, -0.1) is 0 Å². The van der Waals surface area contributed by atoms with Gasteiger partial charge in [-0.05, 0) is 49.6 Å². The molecule has 0 spiro atoms. The molecular formula is C18H16FN3O. The van der Waals surface area contributed by atoms with Crippen LogP contribution in [0.4, 0.5) is 4.39 Å². The number of nitrogens with one attached hydrogen (secondary N) is 2. The Kier molecular flexibility index (Phi) is 3.15. The zero-order valence-corrected chi connectivity index (χ0v) is 12.7. The predicted molar refractivity (Wildman–Crippen MR) is 86.7 cm³/mol. The van der Waals surface area contributed by atoms with Crippen molar-refractivity contribution in [3.8, 4) is 11.3 Å². The Balaban J connectivity index is 1.85. The van der Waals surface area contributed by atoms with E-state index in [2.05, 4.69) is 15.5 Å². The summed E-state index contributed by atoms with van der Waals surface area (Å²) in [5, 5.41) is 11.1. The van der Waals surface area contributed by atoms with E-state index in [1.807, 2.05) is 25.1 Å². The zero-order valence-electron chi connectivity index (χ0n) is 12.7. The number of nitrogens with zero attached hydrogens (tertiary/aromatic N) is 1. The lowest BCUT2D eigenvalue weighted by Gasteiger charge is -2.08. The van der Waals surface area contributed by atoms with Gasteiger partial charge in [0.05, 0.1) is 5.52 Å². The summed E-state index contributed by atoms with van der Waals surface area (Å²) in [4.78, 5) is 12.4. The Bertz CT molecular complexity index is 912. The molecule has 1 aliphatic rings. The van der Waals surface area contributed by atoms with E-state index in [9.17, 15) is 9.18 Å². The van der Waals surface area contributed by atoms with Crippen LogP contribution in [-0.2, 0) is 0 Å². The number of aryl methyl sites for hydroxylation is 1. The number of carbonyl (C=O) groups excluding carboxylic acids is 1. The molecule has 0 aliphatic heterocycles. The largest absolute Gasteiger partial charge is 0.349 e. The Labute approximate surface area is 132 Å². The van der Waals surface area contributed by atoms with Crippen LogP contribution in [-0.4, -0.2) is 22.1 Å². The molecule has 1 aromatic heterocycles.